The molecule has 1 aromatic carbocycles. The van der Waals surface area contributed by atoms with Crippen molar-refractivity contribution in [1.82, 2.24) is 19.5 Å². The number of aliphatic hydroxyl groups excluding tert-OH is 1. The van der Waals surface area contributed by atoms with Crippen LogP contribution >= 0.6 is 0 Å². The van der Waals surface area contributed by atoms with Gasteiger partial charge in [-0.15, -0.1) is 0 Å². The van der Waals surface area contributed by atoms with Gasteiger partial charge in [0, 0.05) is 18.6 Å². The molecule has 0 radical (unpaired) electrons. The number of rotatable bonds is 8. The van der Waals surface area contributed by atoms with E-state index >= 15 is 0 Å². The van der Waals surface area contributed by atoms with Crippen molar-refractivity contribution < 1.29 is 9.84 Å². The molecule has 34 heavy (non-hydrogen) atoms. The number of aromatic nitrogens is 4. The monoisotopic (exact) mass is 464 g/mol. The Balaban J connectivity index is 1.37. The van der Waals surface area contributed by atoms with E-state index in [0.717, 1.165) is 61.4 Å². The third kappa shape index (κ3) is 5.27. The number of nitrogens with zero attached hydrogens (tertiary/aromatic N) is 4. The van der Waals surface area contributed by atoms with E-state index in [4.69, 9.17) is 19.7 Å². The SMILES string of the molecule is COc1ccc(CCNc2nc(NC3CCC(O)CC3)nc3c2ncn3C2CCCCC2)cc1. The number of ether oxygens (including phenoxy) is 1. The van der Waals surface area contributed by atoms with Crippen molar-refractivity contribution in [2.45, 2.75) is 82.4 Å². The number of benzene rings is 1. The standard InChI is InChI=1S/C26H36N6O2/c1-34-22-13-7-18(8-14-22)15-16-27-24-23-25(32(17-28-23)20-5-3-2-4-6-20)31-26(30-24)29-19-9-11-21(33)12-10-19/h7-8,13-14,17,19-21,33H,2-6,9-12,15-16H2,1H3,(H2,27,29,30,31). The lowest BCUT2D eigenvalue weighted by molar-refractivity contribution is 0.126. The fourth-order valence-electron chi connectivity index (χ4n) is 5.25. The van der Waals surface area contributed by atoms with Gasteiger partial charge in [0.15, 0.2) is 17.0 Å². The molecule has 0 bridgehead atoms. The van der Waals surface area contributed by atoms with Crippen LogP contribution in [0.4, 0.5) is 11.8 Å². The second-order valence-electron chi connectivity index (χ2n) is 9.69. The summed E-state index contributed by atoms with van der Waals surface area (Å²) in [6.45, 7) is 0.754. The maximum absolute atomic E-state index is 9.86. The Morgan fingerprint density at radius 3 is 2.50 bits per heavy atom. The van der Waals surface area contributed by atoms with Crippen molar-refractivity contribution in [1.29, 1.82) is 0 Å². The van der Waals surface area contributed by atoms with Gasteiger partial charge in [0.2, 0.25) is 5.95 Å². The molecule has 182 valence electrons. The molecule has 0 saturated heterocycles. The molecule has 2 aromatic heterocycles. The Morgan fingerprint density at radius 1 is 1.00 bits per heavy atom. The molecule has 2 heterocycles. The van der Waals surface area contributed by atoms with Crippen LogP contribution in [0.15, 0.2) is 30.6 Å². The van der Waals surface area contributed by atoms with Crippen LogP contribution in [-0.4, -0.2) is 50.4 Å². The summed E-state index contributed by atoms with van der Waals surface area (Å²) in [5.41, 5.74) is 2.99. The maximum Gasteiger partial charge on any atom is 0.227 e. The molecule has 8 heteroatoms. The summed E-state index contributed by atoms with van der Waals surface area (Å²) >= 11 is 0. The number of methoxy groups -OCH3 is 1. The number of imidazole rings is 1. The van der Waals surface area contributed by atoms with Gasteiger partial charge in [-0.25, -0.2) is 4.98 Å². The molecule has 3 N–H and O–H groups in total. The zero-order chi connectivity index (χ0) is 23.3. The van der Waals surface area contributed by atoms with Crippen LogP contribution in [0.3, 0.4) is 0 Å². The van der Waals surface area contributed by atoms with Gasteiger partial charge in [0.1, 0.15) is 5.75 Å². The molecule has 2 saturated carbocycles. The molecule has 3 aromatic rings. The minimum atomic E-state index is -0.177. The van der Waals surface area contributed by atoms with Crippen LogP contribution in [0.25, 0.3) is 11.2 Å². The van der Waals surface area contributed by atoms with E-state index in [1.807, 2.05) is 18.5 Å². The number of hydrogen-bond acceptors (Lipinski definition) is 7. The molecular formula is C26H36N6O2. The van der Waals surface area contributed by atoms with Crippen LogP contribution in [0, 0.1) is 0 Å². The van der Waals surface area contributed by atoms with E-state index < -0.39 is 0 Å². The molecule has 2 fully saturated rings. The van der Waals surface area contributed by atoms with Gasteiger partial charge in [-0.2, -0.15) is 9.97 Å². The van der Waals surface area contributed by atoms with Gasteiger partial charge in [-0.3, -0.25) is 0 Å². The van der Waals surface area contributed by atoms with Crippen molar-refractivity contribution in [3.05, 3.63) is 36.2 Å². The highest BCUT2D eigenvalue weighted by atomic mass is 16.5. The highest BCUT2D eigenvalue weighted by molar-refractivity contribution is 5.84. The lowest BCUT2D eigenvalue weighted by Crippen LogP contribution is -2.29. The summed E-state index contributed by atoms with van der Waals surface area (Å²) in [5.74, 6) is 2.30. The predicted molar refractivity (Wildman–Crippen MR) is 135 cm³/mol. The Hall–Kier alpha value is -2.87. The normalized spacial score (nSPS) is 21.5. The second-order valence-corrected chi connectivity index (χ2v) is 9.69. The molecule has 2 aliphatic rings. The third-order valence-corrected chi connectivity index (χ3v) is 7.28. The van der Waals surface area contributed by atoms with E-state index in [9.17, 15) is 5.11 Å². The van der Waals surface area contributed by atoms with E-state index in [-0.39, 0.29) is 6.10 Å². The number of aliphatic hydroxyl groups is 1. The Labute approximate surface area is 201 Å². The molecule has 2 aliphatic carbocycles. The summed E-state index contributed by atoms with van der Waals surface area (Å²) in [7, 11) is 1.68. The largest absolute Gasteiger partial charge is 0.497 e. The minimum Gasteiger partial charge on any atom is -0.497 e. The van der Waals surface area contributed by atoms with Crippen molar-refractivity contribution in [3.8, 4) is 5.75 Å². The Bertz CT molecular complexity index is 1070. The zero-order valence-electron chi connectivity index (χ0n) is 20.0. The summed E-state index contributed by atoms with van der Waals surface area (Å²) in [6, 6.07) is 8.93. The molecule has 0 spiro atoms. The van der Waals surface area contributed by atoms with E-state index in [1.165, 1.54) is 37.7 Å². The fraction of sp³-hybridized carbons (Fsp3) is 0.577. The smallest absolute Gasteiger partial charge is 0.227 e. The van der Waals surface area contributed by atoms with Crippen molar-refractivity contribution in [2.24, 2.45) is 0 Å². The average Bonchev–Trinajstić information content (AvgIpc) is 3.30. The summed E-state index contributed by atoms with van der Waals surface area (Å²) in [5, 5.41) is 16.9. The Kier molecular flexibility index (Phi) is 7.13. The van der Waals surface area contributed by atoms with Crippen molar-refractivity contribution in [3.63, 3.8) is 0 Å². The minimum absolute atomic E-state index is 0.177. The van der Waals surface area contributed by atoms with E-state index in [0.29, 0.717) is 18.0 Å². The van der Waals surface area contributed by atoms with Gasteiger partial charge >= 0.3 is 0 Å². The molecule has 0 atom stereocenters. The molecule has 0 amide bonds. The number of hydrogen-bond donors (Lipinski definition) is 3. The highest BCUT2D eigenvalue weighted by Crippen LogP contribution is 2.32. The van der Waals surface area contributed by atoms with E-state index in [2.05, 4.69) is 27.3 Å². The van der Waals surface area contributed by atoms with Crippen molar-refractivity contribution >= 4 is 22.9 Å². The molecule has 5 rings (SSSR count). The maximum atomic E-state index is 9.86. The molecule has 0 unspecified atom stereocenters. The van der Waals surface area contributed by atoms with Gasteiger partial charge in [0.25, 0.3) is 0 Å². The van der Waals surface area contributed by atoms with Crippen LogP contribution in [-0.2, 0) is 6.42 Å². The first-order chi connectivity index (χ1) is 16.7. The Morgan fingerprint density at radius 2 is 1.76 bits per heavy atom. The van der Waals surface area contributed by atoms with Gasteiger partial charge in [-0.1, -0.05) is 31.4 Å². The lowest BCUT2D eigenvalue weighted by Gasteiger charge is -2.26. The highest BCUT2D eigenvalue weighted by Gasteiger charge is 2.23. The van der Waals surface area contributed by atoms with Gasteiger partial charge in [0.05, 0.1) is 19.5 Å². The zero-order valence-corrected chi connectivity index (χ0v) is 20.0. The van der Waals surface area contributed by atoms with Gasteiger partial charge < -0.3 is 25.0 Å². The molecule has 8 nitrogen and oxygen atoms in total. The summed E-state index contributed by atoms with van der Waals surface area (Å²) in [4.78, 5) is 14.5. The predicted octanol–water partition coefficient (Wildman–Crippen LogP) is 4.71. The molecular weight excluding hydrogens is 428 g/mol. The van der Waals surface area contributed by atoms with Crippen LogP contribution < -0.4 is 15.4 Å². The average molecular weight is 465 g/mol. The number of fused-ring (bicyclic) bond motifs is 1. The molecule has 0 aliphatic heterocycles. The van der Waals surface area contributed by atoms with Gasteiger partial charge in [-0.05, 0) is 62.6 Å². The van der Waals surface area contributed by atoms with Crippen LogP contribution in [0.2, 0.25) is 0 Å². The number of nitrogens with one attached hydrogen (secondary N) is 2. The summed E-state index contributed by atoms with van der Waals surface area (Å²) < 4.78 is 7.53. The van der Waals surface area contributed by atoms with E-state index in [1.54, 1.807) is 7.11 Å². The fourth-order valence-corrected chi connectivity index (χ4v) is 5.25. The van der Waals surface area contributed by atoms with Crippen LogP contribution in [0.1, 0.15) is 69.4 Å². The number of anilines is 2. The first kappa shape index (κ1) is 22.9. The topological polar surface area (TPSA) is 97.1 Å². The first-order valence-corrected chi connectivity index (χ1v) is 12.8. The lowest BCUT2D eigenvalue weighted by atomic mass is 9.93. The van der Waals surface area contributed by atoms with Crippen molar-refractivity contribution in [2.75, 3.05) is 24.3 Å². The first-order valence-electron chi connectivity index (χ1n) is 12.8. The quantitative estimate of drug-likeness (QED) is 0.444. The summed E-state index contributed by atoms with van der Waals surface area (Å²) in [6.07, 6.45) is 12.4. The second kappa shape index (κ2) is 10.6. The third-order valence-electron chi connectivity index (χ3n) is 7.28. The van der Waals surface area contributed by atoms with Crippen LogP contribution in [0.5, 0.6) is 5.75 Å².